The van der Waals surface area contributed by atoms with Crippen LogP contribution in [-0.2, 0) is 52.3 Å². The predicted octanol–water partition coefficient (Wildman–Crippen LogP) is 2.31. The molecule has 0 aromatic rings. The summed E-state index contributed by atoms with van der Waals surface area (Å²) in [5, 5.41) is 37.0. The van der Waals surface area contributed by atoms with E-state index in [1.54, 1.807) is 34.6 Å². The van der Waals surface area contributed by atoms with Gasteiger partial charge in [-0.2, -0.15) is 0 Å². The molecule has 1 unspecified atom stereocenters. The van der Waals surface area contributed by atoms with Gasteiger partial charge in [-0.3, -0.25) is 14.4 Å². The van der Waals surface area contributed by atoms with Crippen molar-refractivity contribution < 1.29 is 67.6 Å². The van der Waals surface area contributed by atoms with Crippen molar-refractivity contribution in [3.8, 4) is 0 Å². The fourth-order valence-electron chi connectivity index (χ4n) is 8.75. The van der Waals surface area contributed by atoms with Crippen molar-refractivity contribution in [1.29, 1.82) is 0 Å². The smallest absolute Gasteiger partial charge is 0.311 e. The number of hydrogen-bond acceptors (Lipinski definition) is 15. The largest absolute Gasteiger partial charge is 0.459 e. The monoisotopic (exact) mass is 804 g/mol. The number of aliphatic hydroxyl groups excluding tert-OH is 2. The number of nitrogens with zero attached hydrogens (tertiary/aromatic N) is 1. The molecule has 3 aliphatic heterocycles. The van der Waals surface area contributed by atoms with E-state index < -0.39 is 114 Å². The summed E-state index contributed by atoms with van der Waals surface area (Å²) in [4.78, 5) is 42.4. The van der Waals surface area contributed by atoms with E-state index in [0.29, 0.717) is 6.42 Å². The highest BCUT2D eigenvalue weighted by Gasteiger charge is 2.54. The van der Waals surface area contributed by atoms with E-state index in [1.807, 2.05) is 39.8 Å². The van der Waals surface area contributed by atoms with Crippen LogP contribution >= 0.6 is 0 Å². The van der Waals surface area contributed by atoms with Crippen LogP contribution in [0, 0.1) is 17.8 Å². The van der Waals surface area contributed by atoms with Gasteiger partial charge in [-0.25, -0.2) is 0 Å². The molecule has 4 N–H and O–H groups in total. The number of carbonyl (C=O) groups is 3. The van der Waals surface area contributed by atoms with Gasteiger partial charge >= 0.3 is 11.9 Å². The SMILES string of the molecule is CC[C@H]1OC(=O)[C@H](C)[C@@H](O[C@H]2C[C@@](C)(OC)[C@H](O)[C@H](C)O2)[C@H](C)C(O[C@@H]2O[C@H](C)C[C@H](N(C)C)[C@H]2OC(C)=O)[C@](C)(OC)C[C@@H](C)NC(=O)[C@H](C)[C@@H](O)[C@]1(C)O. The van der Waals surface area contributed by atoms with Gasteiger partial charge in [0.1, 0.15) is 17.8 Å². The molecule has 16 nitrogen and oxygen atoms in total. The van der Waals surface area contributed by atoms with Crippen LogP contribution in [0.15, 0.2) is 0 Å². The van der Waals surface area contributed by atoms with Crippen LogP contribution in [0.25, 0.3) is 0 Å². The third-order valence-corrected chi connectivity index (χ3v) is 12.4. The van der Waals surface area contributed by atoms with Crippen molar-refractivity contribution >= 4 is 17.8 Å². The van der Waals surface area contributed by atoms with E-state index >= 15 is 0 Å². The van der Waals surface area contributed by atoms with Gasteiger partial charge in [0.15, 0.2) is 18.7 Å². The zero-order valence-corrected chi connectivity index (χ0v) is 36.3. The van der Waals surface area contributed by atoms with Crippen LogP contribution < -0.4 is 5.32 Å². The summed E-state index contributed by atoms with van der Waals surface area (Å²) in [6.45, 7) is 18.3. The third kappa shape index (κ3) is 10.8. The van der Waals surface area contributed by atoms with Crippen LogP contribution in [0.3, 0.4) is 0 Å². The lowest BCUT2D eigenvalue weighted by Crippen LogP contribution is -2.61. The van der Waals surface area contributed by atoms with Crippen molar-refractivity contribution in [2.75, 3.05) is 28.3 Å². The Labute approximate surface area is 333 Å². The van der Waals surface area contributed by atoms with Crippen LogP contribution in [0.4, 0.5) is 0 Å². The first-order valence-electron chi connectivity index (χ1n) is 20.0. The Morgan fingerprint density at radius 1 is 0.893 bits per heavy atom. The van der Waals surface area contributed by atoms with Gasteiger partial charge in [-0.15, -0.1) is 0 Å². The van der Waals surface area contributed by atoms with Gasteiger partial charge in [0, 0.05) is 39.5 Å². The minimum atomic E-state index is -2.01. The number of ether oxygens (including phenoxy) is 8. The molecule has 0 aromatic carbocycles. The zero-order chi connectivity index (χ0) is 42.7. The van der Waals surface area contributed by atoms with Gasteiger partial charge in [0.25, 0.3) is 0 Å². The molecule has 16 heteroatoms. The van der Waals surface area contributed by atoms with Crippen molar-refractivity contribution in [3.63, 3.8) is 0 Å². The number of hydrogen-bond donors (Lipinski definition) is 4. The summed E-state index contributed by atoms with van der Waals surface area (Å²) < 4.78 is 50.4. The average Bonchev–Trinajstić information content (AvgIpc) is 3.12. The van der Waals surface area contributed by atoms with E-state index in [1.165, 1.54) is 35.0 Å². The number of methoxy groups -OCH3 is 2. The van der Waals surface area contributed by atoms with E-state index in [2.05, 4.69) is 5.32 Å². The Morgan fingerprint density at radius 2 is 1.50 bits per heavy atom. The van der Waals surface area contributed by atoms with Gasteiger partial charge in [0.2, 0.25) is 5.91 Å². The summed E-state index contributed by atoms with van der Waals surface area (Å²) >= 11 is 0. The lowest BCUT2D eigenvalue weighted by atomic mass is 9.78. The first kappa shape index (κ1) is 48.4. The molecule has 1 amide bonds. The molecule has 18 atom stereocenters. The van der Waals surface area contributed by atoms with Gasteiger partial charge in [-0.05, 0) is 81.8 Å². The predicted molar refractivity (Wildman–Crippen MR) is 204 cm³/mol. The number of carbonyl (C=O) groups excluding carboxylic acids is 3. The Morgan fingerprint density at radius 3 is 2.04 bits per heavy atom. The standard InChI is InChI=1S/C40H72N2O14/c1-16-28-40(11,48)32(44)24(6)35(46)41-20(2)18-39(10,50-15)34(56-37-31(53-26(8)43)27(42(12)13)17-21(3)51-37)22(4)30(23(5)36(47)54-28)55-29-19-38(9,49-14)33(45)25(7)52-29/h20-25,27-34,37,44-45,48H,16-19H2,1-15H3,(H,41,46)/t20-,21-,22+,23-,24-,25+,27+,28-,29+,30+,31-,32-,33-,34?,37+,38-,39-,40-/m1/s1. The van der Waals surface area contributed by atoms with Crippen LogP contribution in [0.1, 0.15) is 102 Å². The maximum absolute atomic E-state index is 14.3. The molecule has 0 radical (unpaired) electrons. The Hall–Kier alpha value is -1.99. The highest BCUT2D eigenvalue weighted by molar-refractivity contribution is 5.79. The zero-order valence-electron chi connectivity index (χ0n) is 36.3. The second kappa shape index (κ2) is 19.4. The van der Waals surface area contributed by atoms with Crippen LogP contribution in [0.5, 0.6) is 0 Å². The fourth-order valence-corrected chi connectivity index (χ4v) is 8.75. The van der Waals surface area contributed by atoms with E-state index in [9.17, 15) is 29.7 Å². The van der Waals surface area contributed by atoms with Crippen molar-refractivity contribution in [1.82, 2.24) is 10.2 Å². The molecule has 3 rings (SSSR count). The van der Waals surface area contributed by atoms with Crippen LogP contribution in [0.2, 0.25) is 0 Å². The first-order chi connectivity index (χ1) is 25.9. The molecule has 3 fully saturated rings. The molecule has 0 aliphatic carbocycles. The highest BCUT2D eigenvalue weighted by atomic mass is 16.7. The number of amides is 1. The topological polar surface area (TPSA) is 201 Å². The van der Waals surface area contributed by atoms with Gasteiger partial charge in [-0.1, -0.05) is 20.8 Å². The molecule has 326 valence electrons. The van der Waals surface area contributed by atoms with E-state index in [4.69, 9.17) is 37.9 Å². The summed E-state index contributed by atoms with van der Waals surface area (Å²) in [6, 6.07) is -0.844. The molecule has 0 spiro atoms. The second-order valence-electron chi connectivity index (χ2n) is 17.3. The van der Waals surface area contributed by atoms with Gasteiger partial charge in [0.05, 0.1) is 59.6 Å². The van der Waals surface area contributed by atoms with E-state index in [0.717, 1.165) is 0 Å². The molecular formula is C40H72N2O14. The number of likely N-dealkylation sites (N-methyl/N-ethyl adjacent to an activating group) is 1. The van der Waals surface area contributed by atoms with Gasteiger partial charge < -0.3 is 63.4 Å². The summed E-state index contributed by atoms with van der Waals surface area (Å²) in [5.74, 6) is -4.69. The highest BCUT2D eigenvalue weighted by Crippen LogP contribution is 2.41. The lowest BCUT2D eigenvalue weighted by Gasteiger charge is -2.50. The Bertz CT molecular complexity index is 1320. The Balaban J connectivity index is 2.27. The van der Waals surface area contributed by atoms with Crippen LogP contribution in [-0.4, -0.2) is 157 Å². The quantitative estimate of drug-likeness (QED) is 0.247. The maximum Gasteiger partial charge on any atom is 0.311 e. The maximum atomic E-state index is 14.3. The molecule has 0 bridgehead atoms. The number of aliphatic hydroxyl groups is 3. The molecular weight excluding hydrogens is 732 g/mol. The van der Waals surface area contributed by atoms with Crippen molar-refractivity contribution in [2.24, 2.45) is 17.8 Å². The average molecular weight is 805 g/mol. The molecule has 0 saturated carbocycles. The molecule has 0 aromatic heterocycles. The first-order valence-corrected chi connectivity index (χ1v) is 20.0. The fraction of sp³-hybridized carbons (Fsp3) is 0.925. The summed E-state index contributed by atoms with van der Waals surface area (Å²) in [5.41, 5.74) is -4.31. The number of esters is 2. The summed E-state index contributed by atoms with van der Waals surface area (Å²) in [6.07, 6.45) is -8.80. The molecule has 3 aliphatic rings. The number of nitrogens with one attached hydrogen (secondary N) is 1. The summed E-state index contributed by atoms with van der Waals surface area (Å²) in [7, 11) is 6.79. The second-order valence-corrected chi connectivity index (χ2v) is 17.3. The van der Waals surface area contributed by atoms with Crippen molar-refractivity contribution in [3.05, 3.63) is 0 Å². The molecule has 3 saturated heterocycles. The van der Waals surface area contributed by atoms with E-state index in [-0.39, 0.29) is 31.4 Å². The number of cyclic esters (lactones) is 1. The molecule has 3 heterocycles. The molecule has 56 heavy (non-hydrogen) atoms. The van der Waals surface area contributed by atoms with Crippen molar-refractivity contribution in [2.45, 2.75) is 192 Å². The lowest BCUT2D eigenvalue weighted by molar-refractivity contribution is -0.320. The Kier molecular flexibility index (Phi) is 16.7. The third-order valence-electron chi connectivity index (χ3n) is 12.4. The minimum Gasteiger partial charge on any atom is -0.459 e. The minimum absolute atomic E-state index is 0.106. The number of rotatable bonds is 9. The normalized spacial score (nSPS) is 46.3.